The topological polar surface area (TPSA) is 51.8 Å². The van der Waals surface area contributed by atoms with Gasteiger partial charge in [-0.1, -0.05) is 26.0 Å². The fourth-order valence-corrected chi connectivity index (χ4v) is 2.04. The summed E-state index contributed by atoms with van der Waals surface area (Å²) in [6.07, 6.45) is 1.70. The molecule has 100 valence electrons. The molecule has 2 aromatic rings. The first-order chi connectivity index (χ1) is 9.11. The maximum absolute atomic E-state index is 13.2. The Bertz CT molecular complexity index is 555. The summed E-state index contributed by atoms with van der Waals surface area (Å²) in [4.78, 5) is 8.81. The molecule has 0 spiro atoms. The van der Waals surface area contributed by atoms with Crippen molar-refractivity contribution in [3.63, 3.8) is 0 Å². The maximum atomic E-state index is 13.2. The Morgan fingerprint density at radius 3 is 2.68 bits per heavy atom. The van der Waals surface area contributed by atoms with E-state index >= 15 is 0 Å². The van der Waals surface area contributed by atoms with E-state index in [0.29, 0.717) is 12.5 Å². The Kier molecular flexibility index (Phi) is 4.22. The zero-order valence-corrected chi connectivity index (χ0v) is 11.2. The normalized spacial score (nSPS) is 12.7. The Hall–Kier alpha value is -1.81. The SMILES string of the molecule is CC(C)C(CN)c1nccc(-c2cccc(F)c2)n1. The molecule has 1 heterocycles. The van der Waals surface area contributed by atoms with E-state index in [1.54, 1.807) is 18.3 Å². The van der Waals surface area contributed by atoms with E-state index < -0.39 is 0 Å². The number of rotatable bonds is 4. The molecular formula is C15H18FN3. The molecule has 1 aromatic heterocycles. The van der Waals surface area contributed by atoms with Gasteiger partial charge in [0.15, 0.2) is 0 Å². The van der Waals surface area contributed by atoms with Crippen molar-refractivity contribution in [1.82, 2.24) is 9.97 Å². The van der Waals surface area contributed by atoms with Gasteiger partial charge in [0.2, 0.25) is 0 Å². The van der Waals surface area contributed by atoms with Gasteiger partial charge >= 0.3 is 0 Å². The van der Waals surface area contributed by atoms with Gasteiger partial charge in [0.05, 0.1) is 5.69 Å². The third-order valence-electron chi connectivity index (χ3n) is 3.18. The van der Waals surface area contributed by atoms with Crippen molar-refractivity contribution >= 4 is 0 Å². The molecule has 0 saturated heterocycles. The Morgan fingerprint density at radius 1 is 1.26 bits per heavy atom. The number of hydrogen-bond acceptors (Lipinski definition) is 3. The number of aromatic nitrogens is 2. The number of benzene rings is 1. The first-order valence-electron chi connectivity index (χ1n) is 6.40. The molecule has 1 unspecified atom stereocenters. The van der Waals surface area contributed by atoms with Crippen molar-refractivity contribution in [1.29, 1.82) is 0 Å². The highest BCUT2D eigenvalue weighted by Crippen LogP contribution is 2.23. The van der Waals surface area contributed by atoms with Crippen molar-refractivity contribution in [3.05, 3.63) is 48.2 Å². The lowest BCUT2D eigenvalue weighted by Gasteiger charge is -2.17. The third kappa shape index (κ3) is 3.15. The average Bonchev–Trinajstić information content (AvgIpc) is 2.39. The number of nitrogens with two attached hydrogens (primary N) is 1. The lowest BCUT2D eigenvalue weighted by molar-refractivity contribution is 0.483. The van der Waals surface area contributed by atoms with Gasteiger partial charge in [-0.05, 0) is 24.1 Å². The van der Waals surface area contributed by atoms with Crippen LogP contribution >= 0.6 is 0 Å². The van der Waals surface area contributed by atoms with E-state index in [1.807, 2.05) is 6.07 Å². The largest absolute Gasteiger partial charge is 0.330 e. The van der Waals surface area contributed by atoms with Crippen molar-refractivity contribution in [2.24, 2.45) is 11.7 Å². The van der Waals surface area contributed by atoms with Crippen LogP contribution in [0.2, 0.25) is 0 Å². The fraction of sp³-hybridized carbons (Fsp3) is 0.333. The molecule has 0 aliphatic heterocycles. The summed E-state index contributed by atoms with van der Waals surface area (Å²) >= 11 is 0. The highest BCUT2D eigenvalue weighted by atomic mass is 19.1. The zero-order chi connectivity index (χ0) is 13.8. The van der Waals surface area contributed by atoms with Crippen LogP contribution in [0.5, 0.6) is 0 Å². The van der Waals surface area contributed by atoms with E-state index in [1.165, 1.54) is 12.1 Å². The molecule has 3 nitrogen and oxygen atoms in total. The van der Waals surface area contributed by atoms with Crippen molar-refractivity contribution in [2.75, 3.05) is 6.54 Å². The maximum Gasteiger partial charge on any atom is 0.133 e. The van der Waals surface area contributed by atoms with Crippen molar-refractivity contribution in [3.8, 4) is 11.3 Å². The molecule has 2 rings (SSSR count). The van der Waals surface area contributed by atoms with E-state index in [4.69, 9.17) is 5.73 Å². The summed E-state index contributed by atoms with van der Waals surface area (Å²) in [5.74, 6) is 0.942. The standard InChI is InChI=1S/C15H18FN3/c1-10(2)13(9-17)15-18-7-6-14(19-15)11-4-3-5-12(16)8-11/h3-8,10,13H,9,17H2,1-2H3. The van der Waals surface area contributed by atoms with Crippen LogP contribution in [0.15, 0.2) is 36.5 Å². The second-order valence-electron chi connectivity index (χ2n) is 4.90. The van der Waals surface area contributed by atoms with Crippen LogP contribution in [0.4, 0.5) is 4.39 Å². The fourth-order valence-electron chi connectivity index (χ4n) is 2.04. The van der Waals surface area contributed by atoms with Gasteiger partial charge in [-0.25, -0.2) is 14.4 Å². The molecule has 0 saturated carbocycles. The summed E-state index contributed by atoms with van der Waals surface area (Å²) in [6.45, 7) is 4.69. The minimum Gasteiger partial charge on any atom is -0.330 e. The minimum absolute atomic E-state index is 0.119. The molecule has 0 fully saturated rings. The smallest absolute Gasteiger partial charge is 0.133 e. The van der Waals surface area contributed by atoms with Gasteiger partial charge < -0.3 is 5.73 Å². The lowest BCUT2D eigenvalue weighted by Crippen LogP contribution is -2.20. The Balaban J connectivity index is 2.39. The molecule has 4 heteroatoms. The summed E-state index contributed by atoms with van der Waals surface area (Å²) in [5.41, 5.74) is 7.26. The number of nitrogens with zero attached hydrogens (tertiary/aromatic N) is 2. The minimum atomic E-state index is -0.267. The van der Waals surface area contributed by atoms with Crippen LogP contribution in [0.1, 0.15) is 25.6 Å². The summed E-state index contributed by atoms with van der Waals surface area (Å²) in [6, 6.07) is 8.19. The predicted octanol–water partition coefficient (Wildman–Crippen LogP) is 2.98. The molecule has 0 radical (unpaired) electrons. The molecule has 0 bridgehead atoms. The van der Waals surface area contributed by atoms with Gasteiger partial charge in [0.25, 0.3) is 0 Å². The van der Waals surface area contributed by atoms with Gasteiger partial charge in [-0.15, -0.1) is 0 Å². The summed E-state index contributed by atoms with van der Waals surface area (Å²) in [5, 5.41) is 0. The zero-order valence-electron chi connectivity index (χ0n) is 11.2. The number of halogens is 1. The average molecular weight is 259 g/mol. The summed E-state index contributed by atoms with van der Waals surface area (Å²) < 4.78 is 13.2. The van der Waals surface area contributed by atoms with Crippen LogP contribution in [0.3, 0.4) is 0 Å². The molecule has 0 aliphatic carbocycles. The van der Waals surface area contributed by atoms with Crippen LogP contribution in [0, 0.1) is 11.7 Å². The molecular weight excluding hydrogens is 241 g/mol. The van der Waals surface area contributed by atoms with Crippen LogP contribution < -0.4 is 5.73 Å². The molecule has 0 aliphatic rings. The first kappa shape index (κ1) is 13.6. The quantitative estimate of drug-likeness (QED) is 0.918. The van der Waals surface area contributed by atoms with Gasteiger partial charge in [-0.3, -0.25) is 0 Å². The molecule has 2 N–H and O–H groups in total. The highest BCUT2D eigenvalue weighted by Gasteiger charge is 2.17. The molecule has 19 heavy (non-hydrogen) atoms. The first-order valence-corrected chi connectivity index (χ1v) is 6.40. The monoisotopic (exact) mass is 259 g/mol. The second kappa shape index (κ2) is 5.89. The van der Waals surface area contributed by atoms with Crippen LogP contribution in [-0.2, 0) is 0 Å². The van der Waals surface area contributed by atoms with E-state index in [9.17, 15) is 4.39 Å². The van der Waals surface area contributed by atoms with E-state index in [2.05, 4.69) is 23.8 Å². The van der Waals surface area contributed by atoms with E-state index in [-0.39, 0.29) is 11.7 Å². The van der Waals surface area contributed by atoms with Gasteiger partial charge in [0, 0.05) is 24.2 Å². The van der Waals surface area contributed by atoms with Crippen LogP contribution in [0.25, 0.3) is 11.3 Å². The molecule has 1 atom stereocenters. The van der Waals surface area contributed by atoms with Crippen molar-refractivity contribution < 1.29 is 4.39 Å². The van der Waals surface area contributed by atoms with Crippen molar-refractivity contribution in [2.45, 2.75) is 19.8 Å². The molecule has 0 amide bonds. The Labute approximate surface area is 112 Å². The van der Waals surface area contributed by atoms with Gasteiger partial charge in [0.1, 0.15) is 11.6 Å². The van der Waals surface area contributed by atoms with E-state index in [0.717, 1.165) is 17.1 Å². The third-order valence-corrected chi connectivity index (χ3v) is 3.18. The lowest BCUT2D eigenvalue weighted by atomic mass is 9.95. The van der Waals surface area contributed by atoms with Gasteiger partial charge in [-0.2, -0.15) is 0 Å². The van der Waals surface area contributed by atoms with Crippen LogP contribution in [-0.4, -0.2) is 16.5 Å². The summed E-state index contributed by atoms with van der Waals surface area (Å²) in [7, 11) is 0. The highest BCUT2D eigenvalue weighted by molar-refractivity contribution is 5.58. The second-order valence-corrected chi connectivity index (χ2v) is 4.90. The Morgan fingerprint density at radius 2 is 2.05 bits per heavy atom. The predicted molar refractivity (Wildman–Crippen MR) is 74.1 cm³/mol. The molecule has 1 aromatic carbocycles. The number of hydrogen-bond donors (Lipinski definition) is 1.